The number of hydrogen-bond donors (Lipinski definition) is 0. The van der Waals surface area contributed by atoms with Gasteiger partial charge in [-0.15, -0.1) is 0 Å². The van der Waals surface area contributed by atoms with Gasteiger partial charge in [0.2, 0.25) is 11.8 Å². The summed E-state index contributed by atoms with van der Waals surface area (Å²) in [6.45, 7) is 6.83. The van der Waals surface area contributed by atoms with Crippen LogP contribution in [0.1, 0.15) is 80.5 Å². The van der Waals surface area contributed by atoms with Crippen LogP contribution in [0.4, 0.5) is 0 Å². The van der Waals surface area contributed by atoms with Crippen molar-refractivity contribution in [3.63, 3.8) is 0 Å². The summed E-state index contributed by atoms with van der Waals surface area (Å²) >= 11 is 0. The van der Waals surface area contributed by atoms with E-state index in [-0.39, 0.29) is 30.3 Å². The number of nitrogens with zero attached hydrogens (tertiary/aromatic N) is 3. The number of ether oxygens (including phenoxy) is 1. The van der Waals surface area contributed by atoms with Gasteiger partial charge >= 0.3 is 5.97 Å². The topological polar surface area (TPSA) is 70.2 Å². The van der Waals surface area contributed by atoms with Crippen molar-refractivity contribution in [2.45, 2.75) is 90.2 Å². The van der Waals surface area contributed by atoms with Crippen LogP contribution < -0.4 is 0 Å². The minimum atomic E-state index is -0.167. The third-order valence-electron chi connectivity index (χ3n) is 9.99. The number of amides is 2. The molecule has 0 saturated carbocycles. The minimum Gasteiger partial charge on any atom is -0.462 e. The third kappa shape index (κ3) is 10.3. The lowest BCUT2D eigenvalue weighted by atomic mass is 9.95. The molecule has 2 amide bonds. The zero-order valence-electron chi connectivity index (χ0n) is 29.0. The Balaban J connectivity index is 0.917. The van der Waals surface area contributed by atoms with Gasteiger partial charge in [0, 0.05) is 59.2 Å². The van der Waals surface area contributed by atoms with Gasteiger partial charge in [0.25, 0.3) is 0 Å². The highest BCUT2D eigenvalue weighted by molar-refractivity contribution is 5.78. The molecule has 2 aliphatic rings. The van der Waals surface area contributed by atoms with E-state index < -0.39 is 0 Å². The van der Waals surface area contributed by atoms with Gasteiger partial charge < -0.3 is 19.4 Å². The summed E-state index contributed by atoms with van der Waals surface area (Å²) < 4.78 is 5.89. The predicted octanol–water partition coefficient (Wildman–Crippen LogP) is 6.85. The first kappa shape index (κ1) is 35.3. The highest BCUT2D eigenvalue weighted by atomic mass is 16.5. The van der Waals surface area contributed by atoms with Gasteiger partial charge in [0.05, 0.1) is 6.42 Å². The molecule has 2 heterocycles. The van der Waals surface area contributed by atoms with Crippen LogP contribution in [0.2, 0.25) is 0 Å². The predicted molar refractivity (Wildman–Crippen MR) is 191 cm³/mol. The van der Waals surface area contributed by atoms with Crippen LogP contribution in [0.5, 0.6) is 0 Å². The first-order chi connectivity index (χ1) is 23.4. The van der Waals surface area contributed by atoms with Crippen molar-refractivity contribution in [1.82, 2.24) is 14.7 Å². The maximum Gasteiger partial charge on any atom is 0.310 e. The van der Waals surface area contributed by atoms with Crippen molar-refractivity contribution < 1.29 is 19.1 Å². The molecule has 0 bridgehead atoms. The Morgan fingerprint density at radius 1 is 0.854 bits per heavy atom. The third-order valence-corrected chi connectivity index (χ3v) is 9.99. The zero-order valence-corrected chi connectivity index (χ0v) is 29.0. The number of carbonyl (C=O) groups is 3. The highest BCUT2D eigenvalue weighted by Crippen LogP contribution is 2.25. The Morgan fingerprint density at radius 3 is 2.40 bits per heavy atom. The number of likely N-dealkylation sites (tertiary alicyclic amines) is 1. The molecule has 0 aromatic heterocycles. The molecule has 3 aromatic carbocycles. The number of fused-ring (bicyclic) bond motifs is 1. The SMILES string of the molecule is CCC(=O)N1CCc2cc(CCCCCCC(=O)N(C)CCN3CCC(OC(=O)Cc4ccccc4-c4ccccc4)CC3)ccc2C1. The number of aryl methyl sites for hydroxylation is 1. The molecule has 7 nitrogen and oxygen atoms in total. The monoisotopic (exact) mass is 651 g/mol. The second kappa shape index (κ2) is 18.0. The van der Waals surface area contributed by atoms with Crippen molar-refractivity contribution in [3.05, 3.63) is 95.1 Å². The summed E-state index contributed by atoms with van der Waals surface area (Å²) in [6.07, 6.45) is 9.34. The van der Waals surface area contributed by atoms with Gasteiger partial charge in [0.15, 0.2) is 0 Å². The summed E-state index contributed by atoms with van der Waals surface area (Å²) in [7, 11) is 1.91. The van der Waals surface area contributed by atoms with Gasteiger partial charge in [-0.2, -0.15) is 0 Å². The van der Waals surface area contributed by atoms with Gasteiger partial charge in [-0.05, 0) is 71.9 Å². The Labute approximate surface area is 287 Å². The number of hydrogen-bond acceptors (Lipinski definition) is 5. The Kier molecular flexibility index (Phi) is 13.2. The Hall–Kier alpha value is -3.97. The number of unbranched alkanes of at least 4 members (excludes halogenated alkanes) is 3. The Morgan fingerprint density at radius 2 is 1.60 bits per heavy atom. The molecule has 1 saturated heterocycles. The maximum absolute atomic E-state index is 12.8. The standard InChI is InChI=1S/C41H53N3O4/c1-3-39(45)44-26-21-34-29-32(19-20-36(34)31-44)13-7-4-5-10-18-40(46)42(2)27-28-43-24-22-37(23-25-43)48-41(47)30-35-16-11-12-17-38(35)33-14-8-6-9-15-33/h6,8-9,11-12,14-17,19-20,29,37H,3-5,7,10,13,18,21-28,30-31H2,1-2H3. The van der Waals surface area contributed by atoms with E-state index in [1.54, 1.807) is 0 Å². The second-order valence-electron chi connectivity index (χ2n) is 13.5. The first-order valence-corrected chi connectivity index (χ1v) is 18.1. The van der Waals surface area contributed by atoms with Gasteiger partial charge in [-0.25, -0.2) is 0 Å². The molecule has 0 unspecified atom stereocenters. The lowest BCUT2D eigenvalue weighted by molar-refractivity contribution is -0.150. The molecule has 0 radical (unpaired) electrons. The second-order valence-corrected chi connectivity index (χ2v) is 13.5. The van der Waals surface area contributed by atoms with Crippen LogP contribution in [0.25, 0.3) is 11.1 Å². The van der Waals surface area contributed by atoms with Crippen LogP contribution in [-0.2, 0) is 44.9 Å². The normalized spacial score (nSPS) is 15.2. The lowest BCUT2D eigenvalue weighted by Gasteiger charge is -2.32. The molecule has 256 valence electrons. The molecule has 0 atom stereocenters. The van der Waals surface area contributed by atoms with Crippen molar-refractivity contribution in [2.24, 2.45) is 0 Å². The number of esters is 1. The summed E-state index contributed by atoms with van der Waals surface area (Å²) in [5.74, 6) is 0.295. The molecule has 0 N–H and O–H groups in total. The van der Waals surface area contributed by atoms with Gasteiger partial charge in [-0.3, -0.25) is 14.4 Å². The number of benzene rings is 3. The zero-order chi connectivity index (χ0) is 33.7. The molecule has 3 aromatic rings. The van der Waals surface area contributed by atoms with E-state index in [9.17, 15) is 14.4 Å². The van der Waals surface area contributed by atoms with Crippen LogP contribution in [0.3, 0.4) is 0 Å². The van der Waals surface area contributed by atoms with Crippen LogP contribution in [0.15, 0.2) is 72.8 Å². The average molecular weight is 652 g/mol. The number of piperidine rings is 1. The largest absolute Gasteiger partial charge is 0.462 e. The van der Waals surface area contributed by atoms with E-state index in [1.807, 2.05) is 60.2 Å². The molecule has 0 spiro atoms. The first-order valence-electron chi connectivity index (χ1n) is 18.1. The molecule has 0 aliphatic carbocycles. The molecular formula is C41H53N3O4. The smallest absolute Gasteiger partial charge is 0.310 e. The van der Waals surface area contributed by atoms with Crippen molar-refractivity contribution >= 4 is 17.8 Å². The van der Waals surface area contributed by atoms with E-state index >= 15 is 0 Å². The fourth-order valence-electron chi connectivity index (χ4n) is 6.97. The quantitative estimate of drug-likeness (QED) is 0.133. The van der Waals surface area contributed by atoms with Gasteiger partial charge in [0.1, 0.15) is 6.10 Å². The van der Waals surface area contributed by atoms with E-state index in [0.717, 1.165) is 107 Å². The number of rotatable bonds is 15. The number of likely N-dealkylation sites (N-methyl/N-ethyl adjacent to an activating group) is 1. The summed E-state index contributed by atoms with van der Waals surface area (Å²) in [5, 5.41) is 0. The molecule has 5 rings (SSSR count). The molecule has 7 heteroatoms. The summed E-state index contributed by atoms with van der Waals surface area (Å²) in [4.78, 5) is 43.9. The number of carbonyl (C=O) groups excluding carboxylic acids is 3. The Bertz CT molecular complexity index is 1500. The van der Waals surface area contributed by atoms with E-state index in [1.165, 1.54) is 16.7 Å². The fraction of sp³-hybridized carbons (Fsp3) is 0.488. The summed E-state index contributed by atoms with van der Waals surface area (Å²) in [6, 6.07) is 25.0. The van der Waals surface area contributed by atoms with Crippen LogP contribution in [0, 0.1) is 0 Å². The average Bonchev–Trinajstić information content (AvgIpc) is 3.12. The van der Waals surface area contributed by atoms with E-state index in [4.69, 9.17) is 4.74 Å². The molecule has 1 fully saturated rings. The van der Waals surface area contributed by atoms with Crippen LogP contribution >= 0.6 is 0 Å². The highest BCUT2D eigenvalue weighted by Gasteiger charge is 2.24. The lowest BCUT2D eigenvalue weighted by Crippen LogP contribution is -2.42. The molecular weight excluding hydrogens is 598 g/mol. The van der Waals surface area contributed by atoms with Crippen LogP contribution in [-0.4, -0.2) is 78.4 Å². The van der Waals surface area contributed by atoms with E-state index in [0.29, 0.717) is 12.8 Å². The molecule has 48 heavy (non-hydrogen) atoms. The maximum atomic E-state index is 12.8. The van der Waals surface area contributed by atoms with Crippen molar-refractivity contribution in [2.75, 3.05) is 39.8 Å². The molecule has 2 aliphatic heterocycles. The van der Waals surface area contributed by atoms with Gasteiger partial charge in [-0.1, -0.05) is 92.6 Å². The van der Waals surface area contributed by atoms with Crippen molar-refractivity contribution in [3.8, 4) is 11.1 Å². The van der Waals surface area contributed by atoms with E-state index in [2.05, 4.69) is 41.3 Å². The fourth-order valence-corrected chi connectivity index (χ4v) is 6.97. The minimum absolute atomic E-state index is 0.0484. The van der Waals surface area contributed by atoms with Crippen molar-refractivity contribution in [1.29, 1.82) is 0 Å². The summed E-state index contributed by atoms with van der Waals surface area (Å²) in [5.41, 5.74) is 7.24.